The van der Waals surface area contributed by atoms with Crippen molar-refractivity contribution in [3.05, 3.63) is 17.7 Å². The minimum atomic E-state index is -1.45. The summed E-state index contributed by atoms with van der Waals surface area (Å²) in [4.78, 5) is 11.1. The van der Waals surface area contributed by atoms with Crippen LogP contribution in [0.4, 0.5) is 0 Å². The van der Waals surface area contributed by atoms with Crippen molar-refractivity contribution in [2.75, 3.05) is 13.9 Å². The van der Waals surface area contributed by atoms with Gasteiger partial charge in [-0.3, -0.25) is 0 Å². The molecule has 16 heavy (non-hydrogen) atoms. The van der Waals surface area contributed by atoms with Gasteiger partial charge in [0.05, 0.1) is 7.11 Å². The van der Waals surface area contributed by atoms with Crippen LogP contribution in [-0.2, 0) is 9.53 Å². The van der Waals surface area contributed by atoms with Gasteiger partial charge in [0, 0.05) is 0 Å². The standard InChI is InChI=1S/C10H10O6/c1-14-10(13)8(12)5-2-6(11)9-7(3-5)15-4-16-9/h2-3,8,11-12H,4H2,1H3. The Bertz CT molecular complexity index is 428. The Morgan fingerprint density at radius 2 is 2.25 bits per heavy atom. The van der Waals surface area contributed by atoms with E-state index in [0.29, 0.717) is 0 Å². The van der Waals surface area contributed by atoms with Gasteiger partial charge in [0.25, 0.3) is 0 Å². The van der Waals surface area contributed by atoms with Gasteiger partial charge >= 0.3 is 5.97 Å². The number of benzene rings is 1. The van der Waals surface area contributed by atoms with Crippen LogP contribution in [0.25, 0.3) is 0 Å². The van der Waals surface area contributed by atoms with Crippen LogP contribution in [0.15, 0.2) is 12.1 Å². The number of carbonyl (C=O) groups is 1. The number of hydrogen-bond donors (Lipinski definition) is 2. The van der Waals surface area contributed by atoms with Crippen LogP contribution < -0.4 is 9.47 Å². The summed E-state index contributed by atoms with van der Waals surface area (Å²) in [5.41, 5.74) is 0.189. The predicted molar refractivity (Wildman–Crippen MR) is 51.2 cm³/mol. The van der Waals surface area contributed by atoms with Crippen molar-refractivity contribution in [1.82, 2.24) is 0 Å². The quantitative estimate of drug-likeness (QED) is 0.707. The summed E-state index contributed by atoms with van der Waals surface area (Å²) in [5, 5.41) is 19.1. The van der Waals surface area contributed by atoms with E-state index in [1.54, 1.807) is 0 Å². The van der Waals surface area contributed by atoms with Gasteiger partial charge in [-0.15, -0.1) is 0 Å². The minimum Gasteiger partial charge on any atom is -0.504 e. The van der Waals surface area contributed by atoms with Crippen molar-refractivity contribution in [2.24, 2.45) is 0 Å². The maximum Gasteiger partial charge on any atom is 0.339 e. The second kappa shape index (κ2) is 3.90. The first kappa shape index (κ1) is 10.6. The maximum atomic E-state index is 11.1. The number of esters is 1. The molecule has 0 spiro atoms. The molecule has 0 saturated carbocycles. The molecule has 1 aliphatic heterocycles. The normalized spacial score (nSPS) is 14.6. The number of phenols is 1. The highest BCUT2D eigenvalue weighted by atomic mass is 16.7. The van der Waals surface area contributed by atoms with Crippen LogP contribution in [0.2, 0.25) is 0 Å². The van der Waals surface area contributed by atoms with Gasteiger partial charge in [-0.1, -0.05) is 0 Å². The number of phenolic OH excluding ortho intramolecular Hbond substituents is 1. The van der Waals surface area contributed by atoms with Crippen LogP contribution >= 0.6 is 0 Å². The highest BCUT2D eigenvalue weighted by molar-refractivity contribution is 5.77. The fourth-order valence-electron chi connectivity index (χ4n) is 1.42. The third-order valence-electron chi connectivity index (χ3n) is 2.22. The van der Waals surface area contributed by atoms with Crippen LogP contribution in [-0.4, -0.2) is 30.1 Å². The summed E-state index contributed by atoms with van der Waals surface area (Å²) in [7, 11) is 1.17. The molecule has 0 saturated heterocycles. The van der Waals surface area contributed by atoms with E-state index in [1.165, 1.54) is 19.2 Å². The smallest absolute Gasteiger partial charge is 0.339 e. The molecule has 1 atom stereocenters. The Balaban J connectivity index is 2.36. The number of aromatic hydroxyl groups is 1. The molecule has 86 valence electrons. The van der Waals surface area contributed by atoms with Gasteiger partial charge in [0.15, 0.2) is 17.6 Å². The van der Waals surface area contributed by atoms with E-state index >= 15 is 0 Å². The van der Waals surface area contributed by atoms with Gasteiger partial charge in [0.2, 0.25) is 12.5 Å². The molecule has 6 nitrogen and oxygen atoms in total. The van der Waals surface area contributed by atoms with Crippen molar-refractivity contribution in [3.8, 4) is 17.2 Å². The first-order valence-electron chi connectivity index (χ1n) is 4.52. The van der Waals surface area contributed by atoms with Gasteiger partial charge in [0.1, 0.15) is 0 Å². The molecule has 2 N–H and O–H groups in total. The van der Waals surface area contributed by atoms with Gasteiger partial charge in [-0.2, -0.15) is 0 Å². The van der Waals surface area contributed by atoms with Gasteiger partial charge < -0.3 is 24.4 Å². The van der Waals surface area contributed by atoms with Crippen LogP contribution in [0.3, 0.4) is 0 Å². The Morgan fingerprint density at radius 3 is 2.94 bits per heavy atom. The highest BCUT2D eigenvalue weighted by Gasteiger charge is 2.25. The average Bonchev–Trinajstić information content (AvgIpc) is 2.75. The molecule has 1 aliphatic rings. The number of aliphatic hydroxyl groups is 1. The third kappa shape index (κ3) is 1.63. The third-order valence-corrected chi connectivity index (χ3v) is 2.22. The van der Waals surface area contributed by atoms with E-state index in [4.69, 9.17) is 9.47 Å². The number of carbonyl (C=O) groups excluding carboxylic acids is 1. The number of rotatable bonds is 2. The molecular weight excluding hydrogens is 216 g/mol. The molecule has 1 heterocycles. The molecule has 0 aromatic heterocycles. The lowest BCUT2D eigenvalue weighted by molar-refractivity contribution is -0.150. The van der Waals surface area contributed by atoms with Crippen LogP contribution in [0.5, 0.6) is 17.2 Å². The van der Waals surface area contributed by atoms with E-state index in [9.17, 15) is 15.0 Å². The topological polar surface area (TPSA) is 85.2 Å². The Morgan fingerprint density at radius 1 is 1.50 bits per heavy atom. The van der Waals surface area contributed by atoms with E-state index in [2.05, 4.69) is 4.74 Å². The summed E-state index contributed by atoms with van der Waals surface area (Å²) in [6, 6.07) is 2.65. The zero-order valence-corrected chi connectivity index (χ0v) is 8.47. The van der Waals surface area contributed by atoms with Crippen molar-refractivity contribution in [3.63, 3.8) is 0 Å². The van der Waals surface area contributed by atoms with Crippen molar-refractivity contribution >= 4 is 5.97 Å². The number of methoxy groups -OCH3 is 1. The number of hydrogen-bond acceptors (Lipinski definition) is 6. The molecule has 2 rings (SSSR count). The molecule has 1 aromatic rings. The molecule has 1 unspecified atom stereocenters. The molecule has 1 aromatic carbocycles. The lowest BCUT2D eigenvalue weighted by Crippen LogP contribution is -2.13. The number of fused-ring (bicyclic) bond motifs is 1. The van der Waals surface area contributed by atoms with Crippen molar-refractivity contribution < 1.29 is 29.2 Å². The van der Waals surface area contributed by atoms with Crippen LogP contribution in [0.1, 0.15) is 11.7 Å². The largest absolute Gasteiger partial charge is 0.504 e. The van der Waals surface area contributed by atoms with Gasteiger partial charge in [-0.25, -0.2) is 4.79 Å². The molecule has 0 radical (unpaired) electrons. The SMILES string of the molecule is COC(=O)C(O)c1cc(O)c2c(c1)OCO2. The van der Waals surface area contributed by atoms with E-state index in [0.717, 1.165) is 0 Å². The Labute approximate surface area is 91.0 Å². The van der Waals surface area contributed by atoms with E-state index in [-0.39, 0.29) is 29.6 Å². The molecule has 6 heteroatoms. The Hall–Kier alpha value is -1.95. The first-order valence-corrected chi connectivity index (χ1v) is 4.52. The monoisotopic (exact) mass is 226 g/mol. The van der Waals surface area contributed by atoms with E-state index < -0.39 is 12.1 Å². The molecule has 0 bridgehead atoms. The molecule has 0 amide bonds. The summed E-state index contributed by atoms with van der Waals surface area (Å²) >= 11 is 0. The Kier molecular flexibility index (Phi) is 2.57. The lowest BCUT2D eigenvalue weighted by Gasteiger charge is -2.10. The summed E-state index contributed by atoms with van der Waals surface area (Å²) in [6.45, 7) is 0.000661. The van der Waals surface area contributed by atoms with Crippen molar-refractivity contribution in [2.45, 2.75) is 6.10 Å². The minimum absolute atomic E-state index is 0.000661. The summed E-state index contributed by atoms with van der Waals surface area (Å²) in [6.07, 6.45) is -1.45. The second-order valence-corrected chi connectivity index (χ2v) is 3.20. The fourth-order valence-corrected chi connectivity index (χ4v) is 1.42. The average molecular weight is 226 g/mol. The number of aliphatic hydroxyl groups excluding tert-OH is 1. The molecule has 0 fully saturated rings. The zero-order valence-electron chi connectivity index (χ0n) is 8.47. The summed E-state index contributed by atoms with van der Waals surface area (Å²) < 4.78 is 14.4. The second-order valence-electron chi connectivity index (χ2n) is 3.20. The van der Waals surface area contributed by atoms with E-state index in [1.807, 2.05) is 0 Å². The summed E-state index contributed by atoms with van der Waals surface area (Å²) in [5.74, 6) is -0.495. The first-order chi connectivity index (χ1) is 7.63. The predicted octanol–water partition coefficient (Wildman–Crippen LogP) is 0.327. The van der Waals surface area contributed by atoms with Crippen LogP contribution in [0, 0.1) is 0 Å². The fraction of sp³-hybridized carbons (Fsp3) is 0.300. The lowest BCUT2D eigenvalue weighted by atomic mass is 10.1. The molecule has 0 aliphatic carbocycles. The highest BCUT2D eigenvalue weighted by Crippen LogP contribution is 2.42. The zero-order chi connectivity index (χ0) is 11.7. The van der Waals surface area contributed by atoms with Gasteiger partial charge in [-0.05, 0) is 17.7 Å². The maximum absolute atomic E-state index is 11.1. The number of ether oxygens (including phenoxy) is 3. The molecular formula is C10H10O6. The van der Waals surface area contributed by atoms with Crippen molar-refractivity contribution in [1.29, 1.82) is 0 Å².